The molecule has 1 N–H and O–H groups in total. The van der Waals surface area contributed by atoms with Gasteiger partial charge in [0.1, 0.15) is 6.20 Å². The van der Waals surface area contributed by atoms with Crippen molar-refractivity contribution < 1.29 is 24.0 Å². The molecule has 28 heavy (non-hydrogen) atoms. The molecule has 11 heteroatoms. The van der Waals surface area contributed by atoms with Crippen LogP contribution in [0.4, 0.5) is 10.1 Å². The second-order valence-corrected chi connectivity index (χ2v) is 7.34. The molecule has 0 unspecified atom stereocenters. The summed E-state index contributed by atoms with van der Waals surface area (Å²) in [6.45, 7) is 0.809. The minimum Gasteiger partial charge on any atom is -0.376 e. The Bertz CT molecular complexity index is 997. The fourth-order valence-corrected chi connectivity index (χ4v) is 3.79. The number of hydrogen-bond donors (Lipinski definition) is 1. The Morgan fingerprint density at radius 2 is 2.14 bits per heavy atom. The zero-order valence-corrected chi connectivity index (χ0v) is 15.2. The molecule has 10 nitrogen and oxygen atoms in total. The van der Waals surface area contributed by atoms with Crippen LogP contribution in [0, 0.1) is 10.1 Å². The van der Waals surface area contributed by atoms with Crippen molar-refractivity contribution in [1.82, 2.24) is 9.88 Å². The van der Waals surface area contributed by atoms with Gasteiger partial charge < -0.3 is 4.74 Å². The first-order valence-corrected chi connectivity index (χ1v) is 9.29. The van der Waals surface area contributed by atoms with Crippen LogP contribution >= 0.6 is 11.3 Å². The van der Waals surface area contributed by atoms with Crippen molar-refractivity contribution in [3.8, 4) is 0 Å². The highest BCUT2D eigenvalue weighted by molar-refractivity contribution is 7.18. The number of nitro groups is 1. The number of anilines is 1. The van der Waals surface area contributed by atoms with Crippen molar-refractivity contribution >= 4 is 39.2 Å². The van der Waals surface area contributed by atoms with Gasteiger partial charge in [-0.15, -0.1) is 0 Å². The number of benzene rings is 1. The SMILES string of the molecule is O=C(Nc1ncc([N+](=O)[O-])s1)c1ccc2c(c1)C(=O)N(C[C@@H]1CCCO1)C2=O. The van der Waals surface area contributed by atoms with Gasteiger partial charge in [0.05, 0.1) is 28.7 Å². The van der Waals surface area contributed by atoms with Crippen LogP contribution in [0.5, 0.6) is 0 Å². The molecule has 1 saturated heterocycles. The second-order valence-electron chi connectivity index (χ2n) is 6.33. The Morgan fingerprint density at radius 3 is 2.82 bits per heavy atom. The van der Waals surface area contributed by atoms with E-state index in [1.54, 1.807) is 0 Å². The maximum absolute atomic E-state index is 12.6. The van der Waals surface area contributed by atoms with Gasteiger partial charge in [0.25, 0.3) is 17.7 Å². The molecule has 144 valence electrons. The van der Waals surface area contributed by atoms with E-state index in [-0.39, 0.29) is 39.5 Å². The number of amides is 3. The zero-order valence-electron chi connectivity index (χ0n) is 14.4. The van der Waals surface area contributed by atoms with Crippen LogP contribution in [0.2, 0.25) is 0 Å². The third kappa shape index (κ3) is 3.25. The van der Waals surface area contributed by atoms with E-state index < -0.39 is 22.6 Å². The van der Waals surface area contributed by atoms with Gasteiger partial charge in [-0.25, -0.2) is 4.98 Å². The van der Waals surface area contributed by atoms with Crippen LogP contribution in [0.25, 0.3) is 0 Å². The first kappa shape index (κ1) is 18.2. The summed E-state index contributed by atoms with van der Waals surface area (Å²) in [5.74, 6) is -1.45. The summed E-state index contributed by atoms with van der Waals surface area (Å²) in [4.78, 5) is 52.6. The smallest absolute Gasteiger partial charge is 0.345 e. The number of imide groups is 1. The van der Waals surface area contributed by atoms with Crippen LogP contribution in [0.1, 0.15) is 43.9 Å². The van der Waals surface area contributed by atoms with Crippen molar-refractivity contribution in [2.45, 2.75) is 18.9 Å². The minimum atomic E-state index is -0.602. The van der Waals surface area contributed by atoms with E-state index in [0.29, 0.717) is 6.61 Å². The Kier molecular flexibility index (Phi) is 4.61. The molecule has 1 aromatic heterocycles. The van der Waals surface area contributed by atoms with E-state index >= 15 is 0 Å². The first-order valence-electron chi connectivity index (χ1n) is 8.47. The van der Waals surface area contributed by atoms with Crippen molar-refractivity contribution in [3.05, 3.63) is 51.2 Å². The summed E-state index contributed by atoms with van der Waals surface area (Å²) in [5.41, 5.74) is 0.543. The van der Waals surface area contributed by atoms with E-state index in [9.17, 15) is 24.5 Å². The lowest BCUT2D eigenvalue weighted by atomic mass is 10.1. The minimum absolute atomic E-state index is 0.0691. The van der Waals surface area contributed by atoms with Gasteiger partial charge in [-0.05, 0) is 42.4 Å². The van der Waals surface area contributed by atoms with Crippen molar-refractivity contribution in [2.24, 2.45) is 0 Å². The van der Waals surface area contributed by atoms with Crippen LogP contribution in [0.15, 0.2) is 24.4 Å². The molecule has 4 rings (SSSR count). The van der Waals surface area contributed by atoms with Crippen LogP contribution in [-0.2, 0) is 4.74 Å². The predicted octanol–water partition coefficient (Wildman–Crippen LogP) is 2.08. The average Bonchev–Trinajstić information content (AvgIpc) is 3.40. The molecule has 1 fully saturated rings. The Balaban J connectivity index is 1.52. The van der Waals surface area contributed by atoms with E-state index in [0.717, 1.165) is 35.3 Å². The quantitative estimate of drug-likeness (QED) is 0.460. The molecule has 0 aliphatic carbocycles. The zero-order chi connectivity index (χ0) is 19.8. The largest absolute Gasteiger partial charge is 0.376 e. The Labute approximate surface area is 162 Å². The number of nitrogens with zero attached hydrogens (tertiary/aromatic N) is 3. The number of aromatic nitrogens is 1. The van der Waals surface area contributed by atoms with Crippen LogP contribution < -0.4 is 5.32 Å². The summed E-state index contributed by atoms with van der Waals surface area (Å²) in [7, 11) is 0. The molecule has 1 aromatic carbocycles. The maximum atomic E-state index is 12.6. The molecule has 0 spiro atoms. The number of fused-ring (bicyclic) bond motifs is 1. The lowest BCUT2D eigenvalue weighted by molar-refractivity contribution is -0.380. The van der Waals surface area contributed by atoms with Crippen molar-refractivity contribution in [2.75, 3.05) is 18.5 Å². The number of ether oxygens (including phenoxy) is 1. The third-order valence-corrected chi connectivity index (χ3v) is 5.40. The molecule has 3 amide bonds. The summed E-state index contributed by atoms with van der Waals surface area (Å²) in [6, 6.07) is 4.21. The molecule has 3 heterocycles. The van der Waals surface area contributed by atoms with Crippen LogP contribution in [0.3, 0.4) is 0 Å². The highest BCUT2D eigenvalue weighted by Gasteiger charge is 2.38. The van der Waals surface area contributed by atoms with Gasteiger partial charge in [0.2, 0.25) is 0 Å². The highest BCUT2D eigenvalue weighted by atomic mass is 32.1. The highest BCUT2D eigenvalue weighted by Crippen LogP contribution is 2.28. The number of rotatable bonds is 5. The Morgan fingerprint density at radius 1 is 1.36 bits per heavy atom. The van der Waals surface area contributed by atoms with Gasteiger partial charge in [0.15, 0.2) is 5.13 Å². The predicted molar refractivity (Wildman–Crippen MR) is 97.5 cm³/mol. The summed E-state index contributed by atoms with van der Waals surface area (Å²) < 4.78 is 5.49. The number of nitrogens with one attached hydrogen (secondary N) is 1. The maximum Gasteiger partial charge on any atom is 0.345 e. The molecule has 1 atom stereocenters. The first-order chi connectivity index (χ1) is 13.4. The molecule has 0 saturated carbocycles. The van der Waals surface area contributed by atoms with Crippen LogP contribution in [-0.4, -0.2) is 51.8 Å². The monoisotopic (exact) mass is 402 g/mol. The van der Waals surface area contributed by atoms with E-state index in [4.69, 9.17) is 4.74 Å². The number of thiazole rings is 1. The summed E-state index contributed by atoms with van der Waals surface area (Å²) in [5, 5.41) is 13.0. The lowest BCUT2D eigenvalue weighted by Crippen LogP contribution is -2.36. The fourth-order valence-electron chi connectivity index (χ4n) is 3.17. The molecular weight excluding hydrogens is 388 g/mol. The van der Waals surface area contributed by atoms with E-state index in [2.05, 4.69) is 10.3 Å². The van der Waals surface area contributed by atoms with Gasteiger partial charge in [-0.3, -0.25) is 34.7 Å². The second kappa shape index (κ2) is 7.09. The lowest BCUT2D eigenvalue weighted by Gasteiger charge is -2.17. The van der Waals surface area contributed by atoms with Gasteiger partial charge >= 0.3 is 5.00 Å². The van der Waals surface area contributed by atoms with Crippen molar-refractivity contribution in [3.63, 3.8) is 0 Å². The topological polar surface area (TPSA) is 132 Å². The number of carbonyl (C=O) groups is 3. The third-order valence-electron chi connectivity index (χ3n) is 4.54. The van der Waals surface area contributed by atoms with Gasteiger partial charge in [-0.1, -0.05) is 0 Å². The average molecular weight is 402 g/mol. The molecule has 2 aromatic rings. The van der Waals surface area contributed by atoms with Gasteiger partial charge in [0, 0.05) is 12.2 Å². The van der Waals surface area contributed by atoms with Crippen molar-refractivity contribution in [1.29, 1.82) is 0 Å². The van der Waals surface area contributed by atoms with E-state index in [1.165, 1.54) is 18.2 Å². The summed E-state index contributed by atoms with van der Waals surface area (Å²) >= 11 is 0.723. The van der Waals surface area contributed by atoms with Gasteiger partial charge in [-0.2, -0.15) is 0 Å². The normalized spacial score (nSPS) is 18.4. The molecule has 0 radical (unpaired) electrons. The van der Waals surface area contributed by atoms with E-state index in [1.807, 2.05) is 0 Å². The molecule has 0 bridgehead atoms. The fraction of sp³-hybridized carbons (Fsp3) is 0.294. The summed E-state index contributed by atoms with van der Waals surface area (Å²) in [6.07, 6.45) is 2.58. The number of hydrogen-bond acceptors (Lipinski definition) is 8. The molecular formula is C17H14N4O6S. The Hall–Kier alpha value is -3.18. The molecule has 2 aliphatic rings. The standard InChI is InChI=1S/C17H14N4O6S/c22-14(19-17-18-7-13(28-17)21(25)26)9-3-4-11-12(6-9)16(24)20(15(11)23)8-10-2-1-5-27-10/h3-4,6-7,10H,1-2,5,8H2,(H,18,19,22)/t10-/m0/s1. The molecule has 2 aliphatic heterocycles. The number of carbonyl (C=O) groups excluding carboxylic acids is 3.